The van der Waals surface area contributed by atoms with E-state index in [-0.39, 0.29) is 6.03 Å². The van der Waals surface area contributed by atoms with Crippen LogP contribution in [0.1, 0.15) is 36.3 Å². The highest BCUT2D eigenvalue weighted by Gasteiger charge is 2.23. The van der Waals surface area contributed by atoms with Gasteiger partial charge < -0.3 is 15.0 Å². The second-order valence-corrected chi connectivity index (χ2v) is 7.71. The van der Waals surface area contributed by atoms with Crippen LogP contribution in [0.4, 0.5) is 4.79 Å². The van der Waals surface area contributed by atoms with Gasteiger partial charge in [0.15, 0.2) is 0 Å². The van der Waals surface area contributed by atoms with E-state index in [1.54, 1.807) is 7.11 Å². The first-order valence-electron chi connectivity index (χ1n) is 10.4. The van der Waals surface area contributed by atoms with Crippen LogP contribution in [0.25, 0.3) is 10.8 Å². The lowest BCUT2D eigenvalue weighted by Crippen LogP contribution is -2.41. The van der Waals surface area contributed by atoms with Gasteiger partial charge in [0.2, 0.25) is 0 Å². The first kappa shape index (κ1) is 19.3. The van der Waals surface area contributed by atoms with E-state index in [1.807, 2.05) is 29.2 Å². The molecule has 1 N–H and O–H groups in total. The highest BCUT2D eigenvalue weighted by Crippen LogP contribution is 2.28. The smallest absolute Gasteiger partial charge is 0.317 e. The summed E-state index contributed by atoms with van der Waals surface area (Å²) in [5.74, 6) is 1.23. The van der Waals surface area contributed by atoms with Crippen LogP contribution < -0.4 is 10.1 Å². The Kier molecular flexibility index (Phi) is 5.99. The maximum atomic E-state index is 12.9. The van der Waals surface area contributed by atoms with Crippen LogP contribution in [0.5, 0.6) is 5.75 Å². The fraction of sp³-hybridized carbons (Fsp3) is 0.320. The van der Waals surface area contributed by atoms with Gasteiger partial charge in [0.05, 0.1) is 7.11 Å². The Hall–Kier alpha value is -3.01. The number of hydrogen-bond donors (Lipinski definition) is 1. The van der Waals surface area contributed by atoms with Gasteiger partial charge in [0.25, 0.3) is 0 Å². The van der Waals surface area contributed by atoms with Crippen molar-refractivity contribution in [3.05, 3.63) is 77.9 Å². The molecular formula is C25H28N2O2. The van der Waals surface area contributed by atoms with Crippen LogP contribution in [0.2, 0.25) is 0 Å². The topological polar surface area (TPSA) is 41.6 Å². The summed E-state index contributed by atoms with van der Waals surface area (Å²) >= 11 is 0. The predicted molar refractivity (Wildman–Crippen MR) is 117 cm³/mol. The van der Waals surface area contributed by atoms with Crippen LogP contribution in [0.15, 0.2) is 66.7 Å². The van der Waals surface area contributed by atoms with Crippen molar-refractivity contribution in [3.63, 3.8) is 0 Å². The van der Waals surface area contributed by atoms with Crippen LogP contribution in [0, 0.1) is 0 Å². The normalized spacial score (nSPS) is 17.0. The van der Waals surface area contributed by atoms with Gasteiger partial charge in [-0.05, 0) is 46.9 Å². The van der Waals surface area contributed by atoms with E-state index >= 15 is 0 Å². The summed E-state index contributed by atoms with van der Waals surface area (Å²) in [5.41, 5.74) is 2.43. The molecule has 1 aliphatic heterocycles. The third-order valence-electron chi connectivity index (χ3n) is 5.86. The second-order valence-electron chi connectivity index (χ2n) is 7.71. The quantitative estimate of drug-likeness (QED) is 0.656. The summed E-state index contributed by atoms with van der Waals surface area (Å²) in [6, 6.07) is 22.8. The molecule has 4 rings (SSSR count). The third-order valence-corrected chi connectivity index (χ3v) is 5.86. The lowest BCUT2D eigenvalue weighted by Gasteiger charge is -2.25. The van der Waals surface area contributed by atoms with Crippen molar-refractivity contribution in [1.82, 2.24) is 10.2 Å². The van der Waals surface area contributed by atoms with Crippen molar-refractivity contribution >= 4 is 16.8 Å². The Labute approximate surface area is 172 Å². The Morgan fingerprint density at radius 1 is 1.03 bits per heavy atom. The molecule has 1 heterocycles. The monoisotopic (exact) mass is 388 g/mol. The van der Waals surface area contributed by atoms with Crippen molar-refractivity contribution in [2.75, 3.05) is 20.2 Å². The minimum Gasteiger partial charge on any atom is -0.497 e. The van der Waals surface area contributed by atoms with Gasteiger partial charge in [-0.15, -0.1) is 0 Å². The Bertz CT molecular complexity index is 963. The van der Waals surface area contributed by atoms with Crippen molar-refractivity contribution in [2.24, 2.45) is 0 Å². The first-order chi connectivity index (χ1) is 14.2. The lowest BCUT2D eigenvalue weighted by atomic mass is 9.94. The molecule has 4 nitrogen and oxygen atoms in total. The second kappa shape index (κ2) is 8.99. The number of ether oxygens (including phenoxy) is 1. The van der Waals surface area contributed by atoms with Crippen molar-refractivity contribution in [3.8, 4) is 5.75 Å². The van der Waals surface area contributed by atoms with Crippen LogP contribution in [-0.2, 0) is 6.54 Å². The van der Waals surface area contributed by atoms with E-state index in [2.05, 4.69) is 47.8 Å². The molecule has 1 fully saturated rings. The predicted octanol–water partition coefficient (Wildman–Crippen LogP) is 5.33. The number of nitrogens with one attached hydrogen (secondary N) is 1. The number of urea groups is 1. The van der Waals surface area contributed by atoms with Crippen LogP contribution >= 0.6 is 0 Å². The summed E-state index contributed by atoms with van der Waals surface area (Å²) in [6.45, 7) is 2.12. The van der Waals surface area contributed by atoms with Gasteiger partial charge in [-0.1, -0.05) is 61.0 Å². The first-order valence-corrected chi connectivity index (χ1v) is 10.4. The molecule has 0 bridgehead atoms. The van der Waals surface area contributed by atoms with E-state index in [4.69, 9.17) is 4.74 Å². The largest absolute Gasteiger partial charge is 0.497 e. The van der Waals surface area contributed by atoms with Crippen LogP contribution in [-0.4, -0.2) is 31.1 Å². The Morgan fingerprint density at radius 3 is 2.66 bits per heavy atom. The van der Waals surface area contributed by atoms with Gasteiger partial charge in [-0.2, -0.15) is 0 Å². The minimum absolute atomic E-state index is 0.0262. The number of carbonyl (C=O) groups excluding carboxylic acids is 1. The summed E-state index contributed by atoms with van der Waals surface area (Å²) in [7, 11) is 1.68. The maximum absolute atomic E-state index is 12.9. The fourth-order valence-electron chi connectivity index (χ4n) is 4.20. The summed E-state index contributed by atoms with van der Waals surface area (Å²) in [4.78, 5) is 14.9. The van der Waals surface area contributed by atoms with E-state index in [0.29, 0.717) is 12.5 Å². The standard InChI is InChI=1S/C25H28N2O2/c1-29-23-14-12-19(13-15-23)22-8-4-5-16-27(18-22)25(28)26-17-21-10-6-9-20-7-2-3-11-24(20)21/h2-3,6-7,9-15,22H,4-5,8,16-18H2,1H3,(H,26,28). The molecule has 0 radical (unpaired) electrons. The zero-order valence-corrected chi connectivity index (χ0v) is 16.9. The molecule has 0 aliphatic carbocycles. The molecule has 1 unspecified atom stereocenters. The number of nitrogens with zero attached hydrogens (tertiary/aromatic N) is 1. The number of benzene rings is 3. The average Bonchev–Trinajstić information content (AvgIpc) is 3.04. The maximum Gasteiger partial charge on any atom is 0.317 e. The molecule has 0 saturated carbocycles. The van der Waals surface area contributed by atoms with Crippen LogP contribution in [0.3, 0.4) is 0 Å². The van der Waals surface area contributed by atoms with E-state index in [9.17, 15) is 4.79 Å². The summed E-state index contributed by atoms with van der Waals surface area (Å²) < 4.78 is 5.27. The molecule has 3 aromatic carbocycles. The summed E-state index contributed by atoms with van der Waals surface area (Å²) in [5, 5.41) is 5.54. The molecule has 0 aromatic heterocycles. The number of methoxy groups -OCH3 is 1. The zero-order valence-electron chi connectivity index (χ0n) is 16.9. The number of likely N-dealkylation sites (tertiary alicyclic amines) is 1. The SMILES string of the molecule is COc1ccc(C2CCCCN(C(=O)NCc3cccc4ccccc34)C2)cc1. The number of rotatable bonds is 4. The number of hydrogen-bond acceptors (Lipinski definition) is 2. The molecule has 1 saturated heterocycles. The van der Waals surface area contributed by atoms with E-state index in [1.165, 1.54) is 16.3 Å². The van der Waals surface area contributed by atoms with Gasteiger partial charge in [0, 0.05) is 25.6 Å². The summed E-state index contributed by atoms with van der Waals surface area (Å²) in [6.07, 6.45) is 3.30. The van der Waals surface area contributed by atoms with Gasteiger partial charge in [-0.25, -0.2) is 4.79 Å². The van der Waals surface area contributed by atoms with Crippen molar-refractivity contribution in [1.29, 1.82) is 0 Å². The lowest BCUT2D eigenvalue weighted by molar-refractivity contribution is 0.197. The van der Waals surface area contributed by atoms with E-state index in [0.717, 1.165) is 43.7 Å². The molecular weight excluding hydrogens is 360 g/mol. The number of fused-ring (bicyclic) bond motifs is 1. The zero-order chi connectivity index (χ0) is 20.1. The van der Waals surface area contributed by atoms with Gasteiger partial charge in [0.1, 0.15) is 5.75 Å². The Morgan fingerprint density at radius 2 is 1.83 bits per heavy atom. The van der Waals surface area contributed by atoms with E-state index < -0.39 is 0 Å². The molecule has 3 aromatic rings. The molecule has 4 heteroatoms. The number of amides is 2. The fourth-order valence-corrected chi connectivity index (χ4v) is 4.20. The van der Waals surface area contributed by atoms with Crippen molar-refractivity contribution in [2.45, 2.75) is 31.7 Å². The van der Waals surface area contributed by atoms with Gasteiger partial charge >= 0.3 is 6.03 Å². The highest BCUT2D eigenvalue weighted by atomic mass is 16.5. The third kappa shape index (κ3) is 4.53. The van der Waals surface area contributed by atoms with Crippen molar-refractivity contribution < 1.29 is 9.53 Å². The minimum atomic E-state index is 0.0262. The molecule has 29 heavy (non-hydrogen) atoms. The Balaban J connectivity index is 1.43. The average molecular weight is 389 g/mol. The molecule has 1 atom stereocenters. The molecule has 150 valence electrons. The molecule has 0 spiro atoms. The molecule has 1 aliphatic rings. The highest BCUT2D eigenvalue weighted by molar-refractivity contribution is 5.86. The molecule has 2 amide bonds. The number of carbonyl (C=O) groups is 1. The van der Waals surface area contributed by atoms with Gasteiger partial charge in [-0.3, -0.25) is 0 Å².